The number of anilines is 1. The molecule has 1 N–H and O–H groups in total. The van der Waals surface area contributed by atoms with Gasteiger partial charge < -0.3 is 24.4 Å². The number of amides is 2. The van der Waals surface area contributed by atoms with Gasteiger partial charge in [0.25, 0.3) is 5.91 Å². The van der Waals surface area contributed by atoms with Crippen LogP contribution in [0, 0.1) is 17.8 Å². The Morgan fingerprint density at radius 1 is 1.16 bits per heavy atom. The maximum Gasteiger partial charge on any atom is 0.310 e. The number of hydrogen-bond donors (Lipinski definition) is 1. The topological polar surface area (TPSA) is 96.4 Å². The van der Waals surface area contributed by atoms with Gasteiger partial charge in [0.05, 0.1) is 42.9 Å². The molecule has 0 aliphatic carbocycles. The summed E-state index contributed by atoms with van der Waals surface area (Å²) in [5.74, 6) is -1.69. The Morgan fingerprint density at radius 3 is 2.51 bits per heavy atom. The van der Waals surface area contributed by atoms with E-state index in [4.69, 9.17) is 9.47 Å². The highest BCUT2D eigenvalue weighted by atomic mass is 32.2. The summed E-state index contributed by atoms with van der Waals surface area (Å²) in [6.45, 7) is 9.77. The Kier molecular flexibility index (Phi) is 9.32. The molecule has 0 radical (unpaired) electrons. The van der Waals surface area contributed by atoms with Gasteiger partial charge in [-0.15, -0.1) is 24.9 Å². The molecule has 8 nitrogen and oxygen atoms in total. The minimum absolute atomic E-state index is 0.0230. The summed E-state index contributed by atoms with van der Waals surface area (Å²) in [5.41, 5.74) is 1.59. The molecule has 2 aromatic rings. The van der Waals surface area contributed by atoms with E-state index in [1.165, 1.54) is 0 Å². The summed E-state index contributed by atoms with van der Waals surface area (Å²) in [6, 6.07) is 15.3. The maximum atomic E-state index is 14.9. The molecule has 3 aliphatic rings. The quantitative estimate of drug-likeness (QED) is 0.207. The van der Waals surface area contributed by atoms with Gasteiger partial charge in [-0.05, 0) is 55.0 Å². The van der Waals surface area contributed by atoms with E-state index in [0.717, 1.165) is 5.56 Å². The molecule has 2 amide bonds. The number of hydrogen-bond acceptors (Lipinski definition) is 7. The van der Waals surface area contributed by atoms with E-state index in [1.54, 1.807) is 53.0 Å². The fourth-order valence-corrected chi connectivity index (χ4v) is 9.63. The van der Waals surface area contributed by atoms with Gasteiger partial charge in [0.2, 0.25) is 5.91 Å². The van der Waals surface area contributed by atoms with Crippen LogP contribution < -0.4 is 9.64 Å². The van der Waals surface area contributed by atoms with Crippen LogP contribution in [0.3, 0.4) is 0 Å². The van der Waals surface area contributed by atoms with Crippen LogP contribution >= 0.6 is 11.8 Å². The van der Waals surface area contributed by atoms with Gasteiger partial charge in [-0.1, -0.05) is 49.4 Å². The predicted molar refractivity (Wildman–Crippen MR) is 168 cm³/mol. The summed E-state index contributed by atoms with van der Waals surface area (Å²) in [4.78, 5) is 46.3. The number of thioether (sulfide) groups is 1. The lowest BCUT2D eigenvalue weighted by Crippen LogP contribution is -2.59. The fraction of sp³-hybridized carbons (Fsp3) is 0.441. The standard InChI is InChI=1S/C34H40N2O6S/c1-5-7-18-42-33(40)28-27-19-22(3)34(43-27)29(28)31(38)36(25(21-37)20-23-11-9-8-10-12-23)30(34)32(39)35(17-6-2)24-13-15-26(41-4)16-14-24/h5-6,8-16,22,25,27-30,37H,1-2,7,17-21H2,3-4H3/t22?,25-,27+,28-,29+,30?,34?/m1/s1. The Labute approximate surface area is 257 Å². The molecule has 3 unspecified atom stereocenters. The van der Waals surface area contributed by atoms with Gasteiger partial charge in [-0.2, -0.15) is 0 Å². The second-order valence-corrected chi connectivity index (χ2v) is 13.1. The van der Waals surface area contributed by atoms with Crippen LogP contribution in [0.25, 0.3) is 0 Å². The largest absolute Gasteiger partial charge is 0.497 e. The number of carbonyl (C=O) groups is 3. The molecule has 43 heavy (non-hydrogen) atoms. The van der Waals surface area contributed by atoms with Gasteiger partial charge in [-0.25, -0.2) is 0 Å². The van der Waals surface area contributed by atoms with Crippen molar-refractivity contribution < 1.29 is 29.0 Å². The van der Waals surface area contributed by atoms with Gasteiger partial charge in [0, 0.05) is 17.5 Å². The molecule has 2 bridgehead atoms. The minimum atomic E-state index is -0.899. The zero-order valence-corrected chi connectivity index (χ0v) is 25.6. The molecule has 3 heterocycles. The van der Waals surface area contributed by atoms with Crippen molar-refractivity contribution in [2.75, 3.05) is 31.8 Å². The predicted octanol–water partition coefficient (Wildman–Crippen LogP) is 4.27. The van der Waals surface area contributed by atoms with Crippen molar-refractivity contribution in [3.63, 3.8) is 0 Å². The number of aliphatic hydroxyl groups excluding tert-OH is 1. The van der Waals surface area contributed by atoms with E-state index in [0.29, 0.717) is 30.7 Å². The molecular weight excluding hydrogens is 564 g/mol. The van der Waals surface area contributed by atoms with Crippen molar-refractivity contribution in [1.82, 2.24) is 4.90 Å². The third-order valence-electron chi connectivity index (χ3n) is 9.14. The lowest BCUT2D eigenvalue weighted by Gasteiger charge is -2.42. The first kappa shape index (κ1) is 30.9. The zero-order chi connectivity index (χ0) is 30.7. The molecule has 3 fully saturated rings. The Bertz CT molecular complexity index is 1350. The lowest BCUT2D eigenvalue weighted by molar-refractivity contribution is -0.154. The normalized spacial score (nSPS) is 27.8. The number of nitrogens with zero attached hydrogens (tertiary/aromatic N) is 2. The fourth-order valence-electron chi connectivity index (χ4n) is 7.24. The highest BCUT2D eigenvalue weighted by Gasteiger charge is 2.77. The molecule has 5 rings (SSSR count). The average Bonchev–Trinajstić information content (AvgIpc) is 3.62. The van der Waals surface area contributed by atoms with Gasteiger partial charge in [0.15, 0.2) is 0 Å². The first-order valence-electron chi connectivity index (χ1n) is 14.8. The SMILES string of the molecule is C=CCCOC(=O)[C@@H]1[C@@H]2CC(C)C3(S2)C(C(=O)N(CC=C)c2ccc(OC)cc2)N([C@@H](CO)Cc2ccccc2)C(=O)[C@H]13. The Morgan fingerprint density at radius 2 is 1.88 bits per heavy atom. The molecule has 2 aromatic carbocycles. The van der Waals surface area contributed by atoms with Gasteiger partial charge in [-0.3, -0.25) is 14.4 Å². The summed E-state index contributed by atoms with van der Waals surface area (Å²) in [6.07, 6.45) is 4.93. The second-order valence-electron chi connectivity index (χ2n) is 11.5. The molecule has 7 atom stereocenters. The van der Waals surface area contributed by atoms with E-state index in [1.807, 2.05) is 42.5 Å². The van der Waals surface area contributed by atoms with Crippen LogP contribution in [0.4, 0.5) is 5.69 Å². The number of likely N-dealkylation sites (tertiary alicyclic amines) is 1. The average molecular weight is 605 g/mol. The van der Waals surface area contributed by atoms with Crippen molar-refractivity contribution >= 4 is 35.2 Å². The highest BCUT2D eigenvalue weighted by molar-refractivity contribution is 8.02. The van der Waals surface area contributed by atoms with Crippen LogP contribution in [0.1, 0.15) is 25.3 Å². The van der Waals surface area contributed by atoms with Crippen LogP contribution in [0.15, 0.2) is 79.9 Å². The first-order valence-corrected chi connectivity index (χ1v) is 15.7. The zero-order valence-electron chi connectivity index (χ0n) is 24.8. The van der Waals surface area contributed by atoms with Crippen molar-refractivity contribution in [2.24, 2.45) is 17.8 Å². The third kappa shape index (κ3) is 5.38. The minimum Gasteiger partial charge on any atom is -0.497 e. The number of rotatable bonds is 13. The van der Waals surface area contributed by atoms with Crippen LogP contribution in [0.2, 0.25) is 0 Å². The Hall–Kier alpha value is -3.56. The van der Waals surface area contributed by atoms with Crippen molar-refractivity contribution in [3.05, 3.63) is 85.5 Å². The maximum absolute atomic E-state index is 14.9. The molecule has 1 spiro atoms. The van der Waals surface area contributed by atoms with Gasteiger partial charge >= 0.3 is 5.97 Å². The lowest BCUT2D eigenvalue weighted by atomic mass is 9.66. The summed E-state index contributed by atoms with van der Waals surface area (Å²) < 4.78 is 10.1. The highest BCUT2D eigenvalue weighted by Crippen LogP contribution is 2.69. The monoisotopic (exact) mass is 604 g/mol. The van der Waals surface area contributed by atoms with E-state index < -0.39 is 34.6 Å². The first-order chi connectivity index (χ1) is 20.8. The van der Waals surface area contributed by atoms with Crippen molar-refractivity contribution in [3.8, 4) is 5.75 Å². The number of aliphatic hydroxyl groups is 1. The number of benzene rings is 2. The molecule has 3 aliphatic heterocycles. The van der Waals surface area contributed by atoms with E-state index in [9.17, 15) is 19.5 Å². The number of carbonyl (C=O) groups excluding carboxylic acids is 3. The molecular formula is C34H40N2O6S. The second kappa shape index (κ2) is 13.0. The summed E-state index contributed by atoms with van der Waals surface area (Å²) >= 11 is 1.59. The van der Waals surface area contributed by atoms with E-state index >= 15 is 0 Å². The molecule has 0 aromatic heterocycles. The van der Waals surface area contributed by atoms with Crippen molar-refractivity contribution in [1.29, 1.82) is 0 Å². The van der Waals surface area contributed by atoms with Gasteiger partial charge in [0.1, 0.15) is 11.8 Å². The molecule has 3 saturated heterocycles. The van der Waals surface area contributed by atoms with Crippen molar-refractivity contribution in [2.45, 2.75) is 48.3 Å². The van der Waals surface area contributed by atoms with Crippen LogP contribution in [-0.2, 0) is 25.5 Å². The van der Waals surface area contributed by atoms with Crippen LogP contribution in [-0.4, -0.2) is 76.7 Å². The van der Waals surface area contributed by atoms with E-state index in [-0.39, 0.29) is 42.7 Å². The summed E-state index contributed by atoms with van der Waals surface area (Å²) in [7, 11) is 1.58. The number of fused-ring (bicyclic) bond motifs is 1. The summed E-state index contributed by atoms with van der Waals surface area (Å²) in [5, 5.41) is 10.6. The Balaban J connectivity index is 1.60. The number of methoxy groups -OCH3 is 1. The number of ether oxygens (including phenoxy) is 2. The smallest absolute Gasteiger partial charge is 0.310 e. The molecule has 0 saturated carbocycles. The van der Waals surface area contributed by atoms with Crippen LogP contribution in [0.5, 0.6) is 5.75 Å². The number of esters is 1. The molecule has 228 valence electrons. The third-order valence-corrected chi connectivity index (χ3v) is 11.2. The van der Waals surface area contributed by atoms with E-state index in [2.05, 4.69) is 20.1 Å². The molecule has 9 heteroatoms.